The van der Waals surface area contributed by atoms with Gasteiger partial charge in [0.15, 0.2) is 0 Å². The number of thiophene rings is 3. The quantitative estimate of drug-likeness (QED) is 0.167. The van der Waals surface area contributed by atoms with Crippen molar-refractivity contribution < 1.29 is 20.1 Å². The molecule has 0 N–H and O–H groups in total. The van der Waals surface area contributed by atoms with Gasteiger partial charge >= 0.3 is 0 Å². The summed E-state index contributed by atoms with van der Waals surface area (Å²) in [5.41, 5.74) is 11.1. The first-order valence-electron chi connectivity index (χ1n) is 16.4. The Morgan fingerprint density at radius 2 is 0.558 bits per heavy atom. The molecule has 6 aromatic heterocycles. The van der Waals surface area contributed by atoms with Crippen molar-refractivity contribution in [3.63, 3.8) is 0 Å². The average Bonchev–Trinajstić information content (AvgIpc) is 4.03. The molecule has 9 rings (SSSR count). The summed E-state index contributed by atoms with van der Waals surface area (Å²) >= 11 is 5.27. The summed E-state index contributed by atoms with van der Waals surface area (Å²) in [5.74, 6) is 0. The SMILES string of the molecule is [Ir].c1ccc(-c2csc(-c3cccnc3)c2)cc1.c1ccc(-c2csc(-c3cccnc3)c2)cc1.c1ccc(-c2csc(-c3cccnc3)c2)cc1. The minimum Gasteiger partial charge on any atom is -0.264 e. The molecule has 0 aliphatic carbocycles. The van der Waals surface area contributed by atoms with Crippen molar-refractivity contribution in [2.45, 2.75) is 0 Å². The molecule has 3 nitrogen and oxygen atoms in total. The maximum atomic E-state index is 4.15. The summed E-state index contributed by atoms with van der Waals surface area (Å²) in [5, 5.41) is 6.58. The summed E-state index contributed by atoms with van der Waals surface area (Å²) in [6, 6.07) is 50.2. The number of pyridine rings is 3. The van der Waals surface area contributed by atoms with Crippen molar-refractivity contribution in [2.75, 3.05) is 0 Å². The van der Waals surface area contributed by atoms with Crippen LogP contribution in [0.15, 0.2) is 199 Å². The standard InChI is InChI=1S/3C15H11NS.Ir/c3*1-2-5-12(6-3-1)14-9-15(17-11-14)13-7-4-8-16-10-13;/h3*1-11H;. The maximum absolute atomic E-state index is 4.15. The molecule has 1 radical (unpaired) electrons. The molecule has 6 heterocycles. The van der Waals surface area contributed by atoms with E-state index >= 15 is 0 Å². The van der Waals surface area contributed by atoms with Crippen LogP contribution in [0.25, 0.3) is 64.7 Å². The molecule has 0 unspecified atom stereocenters. The molecule has 0 atom stereocenters. The molecule has 0 aliphatic rings. The number of hydrogen-bond acceptors (Lipinski definition) is 6. The van der Waals surface area contributed by atoms with E-state index in [9.17, 15) is 0 Å². The zero-order valence-corrected chi connectivity index (χ0v) is 32.8. The number of rotatable bonds is 6. The van der Waals surface area contributed by atoms with Gasteiger partial charge in [-0.05, 0) is 85.9 Å². The molecule has 0 aliphatic heterocycles. The normalized spacial score (nSPS) is 10.2. The summed E-state index contributed by atoms with van der Waals surface area (Å²) in [6.45, 7) is 0. The van der Waals surface area contributed by atoms with Gasteiger partial charge in [0.25, 0.3) is 0 Å². The Kier molecular flexibility index (Phi) is 13.3. The Hall–Kier alpha value is -5.14. The first-order chi connectivity index (χ1) is 25.3. The zero-order valence-electron chi connectivity index (χ0n) is 28.0. The molecule has 0 spiro atoms. The van der Waals surface area contributed by atoms with Crippen molar-refractivity contribution in [1.82, 2.24) is 15.0 Å². The fraction of sp³-hybridized carbons (Fsp3) is 0. The molecule has 3 aromatic carbocycles. The Morgan fingerprint density at radius 3 is 0.808 bits per heavy atom. The Balaban J connectivity index is 0.000000133. The van der Waals surface area contributed by atoms with Crippen LogP contribution < -0.4 is 0 Å². The third kappa shape index (κ3) is 9.80. The van der Waals surface area contributed by atoms with Gasteiger partial charge in [-0.1, -0.05) is 109 Å². The van der Waals surface area contributed by atoms with Crippen molar-refractivity contribution in [3.05, 3.63) is 199 Å². The van der Waals surface area contributed by atoms with Crippen molar-refractivity contribution >= 4 is 34.0 Å². The van der Waals surface area contributed by atoms with Crippen LogP contribution in [0.2, 0.25) is 0 Å². The predicted octanol–water partition coefficient (Wildman–Crippen LogP) is 13.4. The molecule has 0 bridgehead atoms. The first-order valence-corrected chi connectivity index (χ1v) is 19.1. The summed E-state index contributed by atoms with van der Waals surface area (Å²) in [4.78, 5) is 16.2. The Bertz CT molecular complexity index is 1910. The monoisotopic (exact) mass is 904 g/mol. The average molecular weight is 904 g/mol. The first kappa shape index (κ1) is 36.6. The molecule has 9 aromatic rings. The number of benzene rings is 3. The van der Waals surface area contributed by atoms with Gasteiger partial charge < -0.3 is 0 Å². The van der Waals surface area contributed by atoms with Gasteiger partial charge in [0.2, 0.25) is 0 Å². The van der Waals surface area contributed by atoms with Crippen LogP contribution in [0.4, 0.5) is 0 Å². The fourth-order valence-corrected chi connectivity index (χ4v) is 8.06. The van der Waals surface area contributed by atoms with Crippen molar-refractivity contribution in [2.24, 2.45) is 0 Å². The van der Waals surface area contributed by atoms with Crippen LogP contribution in [0, 0.1) is 0 Å². The smallest absolute Gasteiger partial charge is 0.0364 e. The van der Waals surface area contributed by atoms with Crippen LogP contribution in [0.5, 0.6) is 0 Å². The molecular weight excluding hydrogens is 871 g/mol. The molecule has 0 saturated heterocycles. The van der Waals surface area contributed by atoms with E-state index in [4.69, 9.17) is 0 Å². The van der Waals surface area contributed by atoms with Gasteiger partial charge in [-0.25, -0.2) is 0 Å². The van der Waals surface area contributed by atoms with Crippen LogP contribution in [0.1, 0.15) is 0 Å². The number of nitrogens with zero attached hydrogens (tertiary/aromatic N) is 3. The molecule has 0 amide bonds. The van der Waals surface area contributed by atoms with E-state index in [0.717, 1.165) is 0 Å². The van der Waals surface area contributed by atoms with Crippen LogP contribution >= 0.6 is 34.0 Å². The third-order valence-electron chi connectivity index (χ3n) is 7.96. The second kappa shape index (κ2) is 18.9. The maximum Gasteiger partial charge on any atom is 0.0364 e. The van der Waals surface area contributed by atoms with Crippen LogP contribution in [-0.2, 0) is 20.1 Å². The van der Waals surface area contributed by atoms with Gasteiger partial charge in [-0.15, -0.1) is 34.0 Å². The van der Waals surface area contributed by atoms with E-state index in [0.29, 0.717) is 0 Å². The van der Waals surface area contributed by atoms with Crippen molar-refractivity contribution in [1.29, 1.82) is 0 Å². The van der Waals surface area contributed by atoms with Gasteiger partial charge in [0.1, 0.15) is 0 Å². The molecule has 255 valence electrons. The molecule has 52 heavy (non-hydrogen) atoms. The summed E-state index contributed by atoms with van der Waals surface area (Å²) in [7, 11) is 0. The van der Waals surface area contributed by atoms with E-state index in [1.165, 1.54) is 64.7 Å². The van der Waals surface area contributed by atoms with Gasteiger partial charge in [0.05, 0.1) is 0 Å². The van der Waals surface area contributed by atoms with Crippen LogP contribution in [-0.4, -0.2) is 15.0 Å². The minimum absolute atomic E-state index is 0. The van der Waals surface area contributed by atoms with Gasteiger partial charge in [0, 0.05) is 88.6 Å². The number of aromatic nitrogens is 3. The Morgan fingerprint density at radius 1 is 0.288 bits per heavy atom. The predicted molar refractivity (Wildman–Crippen MR) is 219 cm³/mol. The third-order valence-corrected chi connectivity index (χ3v) is 10.9. The van der Waals surface area contributed by atoms with E-state index in [1.54, 1.807) is 52.6 Å². The molecule has 0 saturated carbocycles. The minimum atomic E-state index is 0. The summed E-state index contributed by atoms with van der Waals surface area (Å²) < 4.78 is 0. The topological polar surface area (TPSA) is 38.7 Å². The molecule has 0 fully saturated rings. The largest absolute Gasteiger partial charge is 0.264 e. The van der Waals surface area contributed by atoms with E-state index in [2.05, 4.69) is 140 Å². The molecule has 7 heteroatoms. The zero-order chi connectivity index (χ0) is 34.5. The Labute approximate surface area is 330 Å². The van der Waals surface area contributed by atoms with E-state index in [-0.39, 0.29) is 20.1 Å². The van der Waals surface area contributed by atoms with E-state index in [1.807, 2.05) is 55.0 Å². The second-order valence-electron chi connectivity index (χ2n) is 11.4. The van der Waals surface area contributed by atoms with Gasteiger partial charge in [-0.2, -0.15) is 0 Å². The molecular formula is C45H33IrN3S3. The summed E-state index contributed by atoms with van der Waals surface area (Å²) in [6.07, 6.45) is 11.1. The second-order valence-corrected chi connectivity index (χ2v) is 14.2. The van der Waals surface area contributed by atoms with E-state index < -0.39 is 0 Å². The van der Waals surface area contributed by atoms with Gasteiger partial charge in [-0.3, -0.25) is 15.0 Å². The fourth-order valence-electron chi connectivity index (χ4n) is 5.33. The van der Waals surface area contributed by atoms with Crippen LogP contribution in [0.3, 0.4) is 0 Å². The van der Waals surface area contributed by atoms with Crippen molar-refractivity contribution in [3.8, 4) is 64.7 Å². The number of hydrogen-bond donors (Lipinski definition) is 0.